The molecule has 1 saturated carbocycles. The Morgan fingerprint density at radius 3 is 3.04 bits per heavy atom. The summed E-state index contributed by atoms with van der Waals surface area (Å²) in [6.45, 7) is 0.422. The molecule has 5 atom stereocenters. The van der Waals surface area contributed by atoms with E-state index in [4.69, 9.17) is 13.9 Å². The van der Waals surface area contributed by atoms with Gasteiger partial charge < -0.3 is 24.1 Å². The molecular weight excluding hydrogens is 378 g/mol. The molecule has 2 aromatic heterocycles. The van der Waals surface area contributed by atoms with Gasteiger partial charge in [0, 0.05) is 29.2 Å². The van der Waals surface area contributed by atoms with Gasteiger partial charge in [-0.1, -0.05) is 0 Å². The Morgan fingerprint density at radius 2 is 2.18 bits per heavy atom. The van der Waals surface area contributed by atoms with E-state index in [2.05, 4.69) is 4.98 Å². The van der Waals surface area contributed by atoms with Crippen LogP contribution >= 0.6 is 11.3 Å². The summed E-state index contributed by atoms with van der Waals surface area (Å²) in [5.74, 6) is 1.10. The third kappa shape index (κ3) is 3.33. The monoisotopic (exact) mass is 401 g/mol. The van der Waals surface area contributed by atoms with Crippen molar-refractivity contribution in [2.45, 2.75) is 44.2 Å². The Hall–Kier alpha value is -1.93. The van der Waals surface area contributed by atoms with Gasteiger partial charge in [-0.3, -0.25) is 0 Å². The minimum absolute atomic E-state index is 0.0244. The number of aromatic nitrogens is 1. The highest BCUT2D eigenvalue weighted by molar-refractivity contribution is 7.09. The molecule has 2 N–H and O–H groups in total. The minimum Gasteiger partial charge on any atom is -0.493 e. The number of thiazole rings is 1. The molecule has 0 unspecified atom stereocenters. The maximum atomic E-state index is 10.6. The lowest BCUT2D eigenvalue weighted by atomic mass is 9.87. The van der Waals surface area contributed by atoms with Crippen molar-refractivity contribution >= 4 is 22.3 Å². The number of rotatable bonds is 5. The molecule has 1 aromatic carbocycles. The predicted molar refractivity (Wildman–Crippen MR) is 104 cm³/mol. The Bertz CT molecular complexity index is 953. The lowest BCUT2D eigenvalue weighted by Gasteiger charge is -2.33. The second-order valence-electron chi connectivity index (χ2n) is 7.64. The van der Waals surface area contributed by atoms with Crippen LogP contribution < -0.4 is 4.74 Å². The number of aliphatic hydroxyl groups excluding tert-OH is 2. The van der Waals surface area contributed by atoms with E-state index in [0.29, 0.717) is 18.7 Å². The maximum Gasteiger partial charge on any atom is 0.137 e. The number of benzene rings is 1. The van der Waals surface area contributed by atoms with Gasteiger partial charge in [0.05, 0.1) is 37.4 Å². The summed E-state index contributed by atoms with van der Waals surface area (Å²) in [4.78, 5) is 4.45. The Balaban J connectivity index is 1.23. The normalized spacial score (nSPS) is 29.9. The first-order valence-corrected chi connectivity index (χ1v) is 10.6. The van der Waals surface area contributed by atoms with Crippen LogP contribution in [-0.2, 0) is 11.3 Å². The number of ether oxygens (including phenoxy) is 2. The topological polar surface area (TPSA) is 85.0 Å². The van der Waals surface area contributed by atoms with Crippen molar-refractivity contribution in [2.75, 3.05) is 6.61 Å². The van der Waals surface area contributed by atoms with Gasteiger partial charge >= 0.3 is 0 Å². The largest absolute Gasteiger partial charge is 0.493 e. The van der Waals surface area contributed by atoms with Crippen LogP contribution in [0.25, 0.3) is 11.0 Å². The number of fused-ring (bicyclic) bond motifs is 2. The predicted octanol–water partition coefficient (Wildman–Crippen LogP) is 3.68. The standard InChI is InChI=1S/C21H23NO5S/c23-9-13-11-28-21(22-13)18-4-3-15-16(17(24)8-20(15)27-18)10-26-14-2-1-12-5-6-25-19(12)7-14/h1-2,5-7,11,15-18,20,23-24H,3-4,8-10H2/t15-,16-,17-,18-,20+/m1/s1. The zero-order valence-electron chi connectivity index (χ0n) is 15.4. The fraction of sp³-hybridized carbons (Fsp3) is 0.476. The third-order valence-corrected chi connectivity index (χ3v) is 6.96. The van der Waals surface area contributed by atoms with E-state index in [1.54, 1.807) is 6.26 Å². The number of nitrogens with zero attached hydrogens (tertiary/aromatic N) is 1. The second-order valence-corrected chi connectivity index (χ2v) is 8.53. The average molecular weight is 401 g/mol. The van der Waals surface area contributed by atoms with Gasteiger partial charge in [0.25, 0.3) is 0 Å². The van der Waals surface area contributed by atoms with Crippen LogP contribution in [0, 0.1) is 11.8 Å². The molecule has 3 aromatic rings. The highest BCUT2D eigenvalue weighted by Crippen LogP contribution is 2.46. The van der Waals surface area contributed by atoms with Crippen molar-refractivity contribution in [2.24, 2.45) is 11.8 Å². The lowest BCUT2D eigenvalue weighted by molar-refractivity contribution is -0.0812. The molecule has 0 radical (unpaired) electrons. The SMILES string of the molecule is OCc1csc([C@H]2CC[C@@H]3[C@@H](COc4ccc5ccoc5c4)[C@H](O)C[C@@H]3O2)n1. The van der Waals surface area contributed by atoms with Gasteiger partial charge in [-0.05, 0) is 37.0 Å². The van der Waals surface area contributed by atoms with Crippen LogP contribution in [0.2, 0.25) is 0 Å². The highest BCUT2D eigenvalue weighted by Gasteiger charge is 2.47. The summed E-state index contributed by atoms with van der Waals surface area (Å²) in [6.07, 6.45) is 3.71. The first-order chi connectivity index (χ1) is 13.7. The summed E-state index contributed by atoms with van der Waals surface area (Å²) in [5, 5.41) is 23.7. The summed E-state index contributed by atoms with van der Waals surface area (Å²) < 4.78 is 17.7. The van der Waals surface area contributed by atoms with Crippen molar-refractivity contribution in [1.29, 1.82) is 0 Å². The van der Waals surface area contributed by atoms with Crippen molar-refractivity contribution in [3.63, 3.8) is 0 Å². The fourth-order valence-corrected chi connectivity index (χ4v) is 5.38. The molecule has 5 rings (SSSR count). The molecule has 6 nitrogen and oxygen atoms in total. The Labute approximate surface area is 166 Å². The number of hydrogen-bond acceptors (Lipinski definition) is 7. The van der Waals surface area contributed by atoms with E-state index < -0.39 is 6.10 Å². The van der Waals surface area contributed by atoms with Gasteiger partial charge in [0.1, 0.15) is 22.4 Å². The molecule has 0 bridgehead atoms. The van der Waals surface area contributed by atoms with Crippen LogP contribution in [-0.4, -0.2) is 34.0 Å². The number of hydrogen-bond donors (Lipinski definition) is 2. The quantitative estimate of drug-likeness (QED) is 0.678. The van der Waals surface area contributed by atoms with E-state index in [1.165, 1.54) is 11.3 Å². The molecule has 2 fully saturated rings. The first-order valence-electron chi connectivity index (χ1n) is 9.70. The molecule has 2 aliphatic rings. The molecule has 1 aliphatic carbocycles. The van der Waals surface area contributed by atoms with Crippen molar-refractivity contribution in [1.82, 2.24) is 4.98 Å². The molecular formula is C21H23NO5S. The fourth-order valence-electron chi connectivity index (χ4n) is 4.50. The number of aliphatic hydroxyl groups is 2. The highest BCUT2D eigenvalue weighted by atomic mass is 32.1. The molecule has 148 valence electrons. The molecule has 1 aliphatic heterocycles. The summed E-state index contributed by atoms with van der Waals surface area (Å²) in [7, 11) is 0. The van der Waals surface area contributed by atoms with Crippen LogP contribution in [0.4, 0.5) is 0 Å². The van der Waals surface area contributed by atoms with Crippen molar-refractivity contribution in [3.8, 4) is 5.75 Å². The molecule has 3 heterocycles. The average Bonchev–Trinajstić information content (AvgIpc) is 3.43. The molecule has 0 amide bonds. The van der Waals surface area contributed by atoms with Gasteiger partial charge in [-0.15, -0.1) is 11.3 Å². The van der Waals surface area contributed by atoms with E-state index in [9.17, 15) is 10.2 Å². The van der Waals surface area contributed by atoms with Gasteiger partial charge in [0.2, 0.25) is 0 Å². The van der Waals surface area contributed by atoms with E-state index >= 15 is 0 Å². The minimum atomic E-state index is -0.426. The summed E-state index contributed by atoms with van der Waals surface area (Å²) in [5.41, 5.74) is 1.49. The summed E-state index contributed by atoms with van der Waals surface area (Å²) in [6, 6.07) is 7.73. The third-order valence-electron chi connectivity index (χ3n) is 5.97. The first kappa shape index (κ1) is 18.1. The van der Waals surface area contributed by atoms with Crippen molar-refractivity contribution in [3.05, 3.63) is 46.6 Å². The Kier molecular flexibility index (Phi) is 4.84. The van der Waals surface area contributed by atoms with Crippen molar-refractivity contribution < 1.29 is 24.1 Å². The van der Waals surface area contributed by atoms with Gasteiger partial charge in [-0.2, -0.15) is 0 Å². The zero-order valence-corrected chi connectivity index (χ0v) is 16.2. The zero-order chi connectivity index (χ0) is 19.1. The van der Waals surface area contributed by atoms with E-state index in [0.717, 1.165) is 34.6 Å². The second kappa shape index (κ2) is 7.48. The number of furan rings is 1. The van der Waals surface area contributed by atoms with E-state index in [-0.39, 0.29) is 30.7 Å². The smallest absolute Gasteiger partial charge is 0.137 e. The Morgan fingerprint density at radius 1 is 1.25 bits per heavy atom. The molecule has 7 heteroatoms. The van der Waals surface area contributed by atoms with Gasteiger partial charge in [0.15, 0.2) is 0 Å². The maximum absolute atomic E-state index is 10.6. The molecule has 0 spiro atoms. The van der Waals surface area contributed by atoms with Gasteiger partial charge in [-0.25, -0.2) is 4.98 Å². The van der Waals surface area contributed by atoms with Crippen LogP contribution in [0.1, 0.15) is 36.1 Å². The van der Waals surface area contributed by atoms with Crippen LogP contribution in [0.5, 0.6) is 5.75 Å². The molecule has 28 heavy (non-hydrogen) atoms. The molecule has 1 saturated heterocycles. The van der Waals surface area contributed by atoms with E-state index in [1.807, 2.05) is 29.6 Å². The van der Waals surface area contributed by atoms with Crippen LogP contribution in [0.3, 0.4) is 0 Å². The van der Waals surface area contributed by atoms with Crippen LogP contribution in [0.15, 0.2) is 40.3 Å². The summed E-state index contributed by atoms with van der Waals surface area (Å²) >= 11 is 1.53. The lowest BCUT2D eigenvalue weighted by Crippen LogP contribution is -2.33.